The van der Waals surface area contributed by atoms with Gasteiger partial charge in [0.2, 0.25) is 0 Å². The van der Waals surface area contributed by atoms with Crippen LogP contribution in [0.2, 0.25) is 0 Å². The van der Waals surface area contributed by atoms with Crippen LogP contribution in [0, 0.1) is 0 Å². The van der Waals surface area contributed by atoms with E-state index in [1.54, 1.807) is 12.4 Å². The van der Waals surface area contributed by atoms with Crippen molar-refractivity contribution in [2.75, 3.05) is 0 Å². The summed E-state index contributed by atoms with van der Waals surface area (Å²) in [6, 6.07) is 0.508. The zero-order valence-corrected chi connectivity index (χ0v) is 6.44. The van der Waals surface area contributed by atoms with Gasteiger partial charge in [-0.1, -0.05) is 23.8 Å². The molecule has 1 aliphatic carbocycles. The summed E-state index contributed by atoms with van der Waals surface area (Å²) in [7, 11) is 0. The maximum atomic E-state index is 4.30. The molecule has 2 rings (SSSR count). The van der Waals surface area contributed by atoms with E-state index in [1.807, 2.05) is 0 Å². The first-order valence-electron chi connectivity index (χ1n) is 3.78. The molecule has 1 heterocycles. The van der Waals surface area contributed by atoms with Crippen molar-refractivity contribution in [1.29, 1.82) is 0 Å². The third kappa shape index (κ3) is 1.16. The van der Waals surface area contributed by atoms with Gasteiger partial charge in [0.15, 0.2) is 0 Å². The molecular formula is C9H10N2. The van der Waals surface area contributed by atoms with Crippen molar-refractivity contribution in [2.45, 2.75) is 19.0 Å². The van der Waals surface area contributed by atoms with Gasteiger partial charge in [0.05, 0.1) is 12.1 Å². The van der Waals surface area contributed by atoms with Crippen molar-refractivity contribution in [1.82, 2.24) is 0 Å². The molecule has 0 amide bonds. The summed E-state index contributed by atoms with van der Waals surface area (Å²) < 4.78 is 0. The molecule has 2 aliphatic rings. The molecule has 0 aromatic heterocycles. The first-order valence-corrected chi connectivity index (χ1v) is 3.78. The first kappa shape index (κ1) is 6.53. The maximum absolute atomic E-state index is 4.30. The molecule has 0 spiro atoms. The highest BCUT2D eigenvalue weighted by Crippen LogP contribution is 2.17. The van der Waals surface area contributed by atoms with Gasteiger partial charge in [-0.3, -0.25) is 9.98 Å². The van der Waals surface area contributed by atoms with Crippen molar-refractivity contribution in [3.63, 3.8) is 0 Å². The lowest BCUT2D eigenvalue weighted by Crippen LogP contribution is -2.24. The van der Waals surface area contributed by atoms with Crippen molar-refractivity contribution in [3.8, 4) is 0 Å². The molecular weight excluding hydrogens is 136 g/mol. The van der Waals surface area contributed by atoms with Crippen molar-refractivity contribution in [2.24, 2.45) is 9.98 Å². The van der Waals surface area contributed by atoms with E-state index in [-0.39, 0.29) is 12.1 Å². The van der Waals surface area contributed by atoms with Gasteiger partial charge in [0.25, 0.3) is 0 Å². The van der Waals surface area contributed by atoms with E-state index >= 15 is 0 Å². The lowest BCUT2D eigenvalue weighted by molar-refractivity contribution is 0.697. The number of allylic oxidation sites excluding steroid dienone is 2. The molecule has 0 bridgehead atoms. The molecule has 56 valence electrons. The second-order valence-electron chi connectivity index (χ2n) is 2.85. The highest BCUT2D eigenvalue weighted by molar-refractivity contribution is 6.16. The summed E-state index contributed by atoms with van der Waals surface area (Å²) in [5.41, 5.74) is 1.28. The Morgan fingerprint density at radius 1 is 1.18 bits per heavy atom. The normalized spacial score (nSPS) is 33.4. The van der Waals surface area contributed by atoms with Crippen LogP contribution in [0.15, 0.2) is 33.8 Å². The predicted molar refractivity (Wildman–Crippen MR) is 47.5 cm³/mol. The number of aliphatic imine (C=N–C) groups is 2. The molecule has 0 radical (unpaired) electrons. The summed E-state index contributed by atoms with van der Waals surface area (Å²) in [5, 5.41) is 0. The number of fused-ring (bicyclic) bond motifs is 1. The summed E-state index contributed by atoms with van der Waals surface area (Å²) in [4.78, 5) is 8.58. The number of hydrogen-bond donors (Lipinski definition) is 0. The summed E-state index contributed by atoms with van der Waals surface area (Å²) in [6.45, 7) is 2.08. The van der Waals surface area contributed by atoms with E-state index in [0.717, 1.165) is 0 Å². The average molecular weight is 146 g/mol. The van der Waals surface area contributed by atoms with Crippen LogP contribution in [0.1, 0.15) is 6.92 Å². The smallest absolute Gasteiger partial charge is 0.0945 e. The van der Waals surface area contributed by atoms with Gasteiger partial charge in [-0.25, -0.2) is 0 Å². The fraction of sp³-hybridized carbons (Fsp3) is 0.333. The van der Waals surface area contributed by atoms with E-state index < -0.39 is 0 Å². The van der Waals surface area contributed by atoms with Crippen molar-refractivity contribution < 1.29 is 0 Å². The second-order valence-corrected chi connectivity index (χ2v) is 2.85. The zero-order chi connectivity index (χ0) is 7.68. The lowest BCUT2D eigenvalue weighted by atomic mass is 9.99. The third-order valence-electron chi connectivity index (χ3n) is 1.92. The van der Waals surface area contributed by atoms with E-state index in [1.165, 1.54) is 5.57 Å². The fourth-order valence-electron chi connectivity index (χ4n) is 1.33. The maximum Gasteiger partial charge on any atom is 0.0945 e. The quantitative estimate of drug-likeness (QED) is 0.493. The topological polar surface area (TPSA) is 24.7 Å². The molecule has 0 saturated carbocycles. The summed E-state index contributed by atoms with van der Waals surface area (Å²) >= 11 is 0. The molecule has 11 heavy (non-hydrogen) atoms. The largest absolute Gasteiger partial charge is 0.282 e. The third-order valence-corrected chi connectivity index (χ3v) is 1.92. The molecule has 2 heteroatoms. The van der Waals surface area contributed by atoms with Crippen LogP contribution >= 0.6 is 0 Å². The summed E-state index contributed by atoms with van der Waals surface area (Å²) in [5.74, 6) is 0. The van der Waals surface area contributed by atoms with Crippen LogP contribution in [0.25, 0.3) is 0 Å². The minimum Gasteiger partial charge on any atom is -0.282 e. The number of hydrogen-bond acceptors (Lipinski definition) is 2. The standard InChI is InChI=1S/C9H10N2/c1-7-2-3-8-9(6-7)11-5-4-10-8/h2-6,8-9H,1H3/t8-,9-/m0/s1. The van der Waals surface area contributed by atoms with E-state index in [2.05, 4.69) is 35.1 Å². The molecule has 0 unspecified atom stereocenters. The summed E-state index contributed by atoms with van der Waals surface area (Å²) in [6.07, 6.45) is 9.88. The van der Waals surface area contributed by atoms with Gasteiger partial charge in [-0.2, -0.15) is 0 Å². The van der Waals surface area contributed by atoms with E-state index in [4.69, 9.17) is 0 Å². The minimum absolute atomic E-state index is 0.253. The lowest BCUT2D eigenvalue weighted by Gasteiger charge is -2.20. The van der Waals surface area contributed by atoms with Gasteiger partial charge in [-0.05, 0) is 6.92 Å². The predicted octanol–water partition coefficient (Wildman–Crippen LogP) is 1.39. The number of nitrogens with zero attached hydrogens (tertiary/aromatic N) is 2. The van der Waals surface area contributed by atoms with Gasteiger partial charge in [-0.15, -0.1) is 0 Å². The fourth-order valence-corrected chi connectivity index (χ4v) is 1.33. The Morgan fingerprint density at radius 2 is 1.91 bits per heavy atom. The van der Waals surface area contributed by atoms with Crippen LogP contribution < -0.4 is 0 Å². The Balaban J connectivity index is 2.29. The van der Waals surface area contributed by atoms with Crippen LogP contribution in [-0.4, -0.2) is 24.5 Å². The zero-order valence-electron chi connectivity index (χ0n) is 6.44. The van der Waals surface area contributed by atoms with Gasteiger partial charge >= 0.3 is 0 Å². The van der Waals surface area contributed by atoms with Crippen LogP contribution in [-0.2, 0) is 0 Å². The molecule has 0 fully saturated rings. The van der Waals surface area contributed by atoms with E-state index in [0.29, 0.717) is 0 Å². The van der Waals surface area contributed by atoms with Gasteiger partial charge in [0, 0.05) is 12.4 Å². The molecule has 2 nitrogen and oxygen atoms in total. The van der Waals surface area contributed by atoms with Gasteiger partial charge in [0.1, 0.15) is 0 Å². The minimum atomic E-state index is 0.253. The number of rotatable bonds is 0. The van der Waals surface area contributed by atoms with Crippen LogP contribution in [0.3, 0.4) is 0 Å². The van der Waals surface area contributed by atoms with Gasteiger partial charge < -0.3 is 0 Å². The van der Waals surface area contributed by atoms with Crippen LogP contribution in [0.5, 0.6) is 0 Å². The SMILES string of the molecule is CC1=C[C@@H]2N=CC=N[C@H]2C=C1. The Labute approximate surface area is 66.1 Å². The molecule has 2 atom stereocenters. The first-order chi connectivity index (χ1) is 5.36. The highest BCUT2D eigenvalue weighted by atomic mass is 14.9. The Bertz CT molecular complexity index is 271. The second kappa shape index (κ2) is 2.46. The molecule has 0 aromatic rings. The van der Waals surface area contributed by atoms with Crippen molar-refractivity contribution >= 4 is 12.4 Å². The Morgan fingerprint density at radius 3 is 2.73 bits per heavy atom. The van der Waals surface area contributed by atoms with Crippen LogP contribution in [0.4, 0.5) is 0 Å². The molecule has 1 aliphatic heterocycles. The molecule has 0 N–H and O–H groups in total. The average Bonchev–Trinajstić information content (AvgIpc) is 2.04. The Hall–Kier alpha value is -1.18. The Kier molecular flexibility index (Phi) is 1.46. The van der Waals surface area contributed by atoms with E-state index in [9.17, 15) is 0 Å². The highest BCUT2D eigenvalue weighted by Gasteiger charge is 2.18. The molecule has 0 saturated heterocycles. The monoisotopic (exact) mass is 146 g/mol. The van der Waals surface area contributed by atoms with Crippen molar-refractivity contribution in [3.05, 3.63) is 23.8 Å². The molecule has 0 aromatic carbocycles.